The van der Waals surface area contributed by atoms with Gasteiger partial charge in [-0.15, -0.1) is 0 Å². The molecule has 0 heterocycles. The van der Waals surface area contributed by atoms with E-state index >= 15 is 0 Å². The first-order valence-corrected chi connectivity index (χ1v) is 7.36. The standard InChI is InChI=1S/C12H21NO3S/c1-8(17-2)7-13-11(14)9-3-5-10(6-4-9)12(15)16/h8-10H,3-7H2,1-2H3,(H,13,14)(H,15,16). The maximum Gasteiger partial charge on any atom is 0.306 e. The molecule has 0 bridgehead atoms. The van der Waals surface area contributed by atoms with Crippen LogP contribution < -0.4 is 5.32 Å². The molecule has 1 rings (SSSR count). The van der Waals surface area contributed by atoms with E-state index in [-0.39, 0.29) is 17.7 Å². The van der Waals surface area contributed by atoms with Crippen LogP contribution in [0, 0.1) is 11.8 Å². The normalized spacial score (nSPS) is 26.2. The van der Waals surface area contributed by atoms with E-state index in [1.807, 2.05) is 6.26 Å². The summed E-state index contributed by atoms with van der Waals surface area (Å²) >= 11 is 1.73. The first-order valence-electron chi connectivity index (χ1n) is 6.08. The summed E-state index contributed by atoms with van der Waals surface area (Å²) in [5.74, 6) is -0.863. The molecular formula is C12H21NO3S. The predicted molar refractivity (Wildman–Crippen MR) is 69.1 cm³/mol. The van der Waals surface area contributed by atoms with E-state index in [4.69, 9.17) is 5.11 Å². The van der Waals surface area contributed by atoms with Gasteiger partial charge >= 0.3 is 5.97 Å². The second-order valence-corrected chi connectivity index (χ2v) is 5.95. The summed E-state index contributed by atoms with van der Waals surface area (Å²) in [5.41, 5.74) is 0. The van der Waals surface area contributed by atoms with Gasteiger partial charge in [-0.3, -0.25) is 9.59 Å². The number of rotatable bonds is 5. The summed E-state index contributed by atoms with van der Waals surface area (Å²) in [4.78, 5) is 22.6. The van der Waals surface area contributed by atoms with Gasteiger partial charge in [0.25, 0.3) is 0 Å². The van der Waals surface area contributed by atoms with Crippen LogP contribution in [-0.2, 0) is 9.59 Å². The van der Waals surface area contributed by atoms with E-state index in [9.17, 15) is 9.59 Å². The molecule has 1 aliphatic rings. The molecule has 0 radical (unpaired) electrons. The van der Waals surface area contributed by atoms with Crippen molar-refractivity contribution >= 4 is 23.6 Å². The Morgan fingerprint density at radius 3 is 2.29 bits per heavy atom. The Morgan fingerprint density at radius 2 is 1.82 bits per heavy atom. The molecule has 1 fully saturated rings. The Morgan fingerprint density at radius 1 is 1.29 bits per heavy atom. The molecule has 0 aromatic rings. The number of carboxylic acids is 1. The third kappa shape index (κ3) is 4.58. The minimum Gasteiger partial charge on any atom is -0.481 e. The Labute approximate surface area is 107 Å². The zero-order valence-corrected chi connectivity index (χ0v) is 11.3. The number of aliphatic carboxylic acids is 1. The average Bonchev–Trinajstić information content (AvgIpc) is 2.35. The van der Waals surface area contributed by atoms with Crippen molar-refractivity contribution in [2.24, 2.45) is 11.8 Å². The maximum atomic E-state index is 11.8. The maximum absolute atomic E-state index is 11.8. The highest BCUT2D eigenvalue weighted by Gasteiger charge is 2.29. The summed E-state index contributed by atoms with van der Waals surface area (Å²) in [5, 5.41) is 12.2. The summed E-state index contributed by atoms with van der Waals surface area (Å²) in [6.07, 6.45) is 4.69. The number of carboxylic acid groups (broad SMARTS) is 1. The van der Waals surface area contributed by atoms with E-state index in [1.165, 1.54) is 0 Å². The highest BCUT2D eigenvalue weighted by molar-refractivity contribution is 7.99. The van der Waals surface area contributed by atoms with Gasteiger partial charge in [0.05, 0.1) is 5.92 Å². The van der Waals surface area contributed by atoms with Gasteiger partial charge in [-0.1, -0.05) is 6.92 Å². The third-order valence-electron chi connectivity index (χ3n) is 3.41. The average molecular weight is 259 g/mol. The molecule has 1 amide bonds. The largest absolute Gasteiger partial charge is 0.481 e. The Kier molecular flexibility index (Phi) is 5.82. The lowest BCUT2D eigenvalue weighted by Gasteiger charge is -2.25. The van der Waals surface area contributed by atoms with Crippen LogP contribution in [0.4, 0.5) is 0 Å². The van der Waals surface area contributed by atoms with Crippen molar-refractivity contribution in [2.75, 3.05) is 12.8 Å². The van der Waals surface area contributed by atoms with Crippen molar-refractivity contribution in [3.8, 4) is 0 Å². The SMILES string of the molecule is CSC(C)CNC(=O)C1CCC(C(=O)O)CC1. The zero-order chi connectivity index (χ0) is 12.8. The summed E-state index contributed by atoms with van der Waals surface area (Å²) in [6.45, 7) is 2.77. The van der Waals surface area contributed by atoms with E-state index in [0.29, 0.717) is 37.5 Å². The highest BCUT2D eigenvalue weighted by Crippen LogP contribution is 2.29. The topological polar surface area (TPSA) is 66.4 Å². The molecule has 0 saturated heterocycles. The molecule has 1 saturated carbocycles. The fourth-order valence-electron chi connectivity index (χ4n) is 2.07. The summed E-state index contributed by atoms with van der Waals surface area (Å²) < 4.78 is 0. The molecular weight excluding hydrogens is 238 g/mol. The van der Waals surface area contributed by atoms with Crippen LogP contribution in [0.25, 0.3) is 0 Å². The Hall–Kier alpha value is -0.710. The molecule has 0 aromatic heterocycles. The lowest BCUT2D eigenvalue weighted by molar-refractivity contribution is -0.144. The van der Waals surface area contributed by atoms with Gasteiger partial charge in [0, 0.05) is 17.7 Å². The molecule has 0 aromatic carbocycles. The van der Waals surface area contributed by atoms with Gasteiger partial charge in [0.2, 0.25) is 5.91 Å². The van der Waals surface area contributed by atoms with E-state index < -0.39 is 5.97 Å². The summed E-state index contributed by atoms with van der Waals surface area (Å²) in [6, 6.07) is 0. The van der Waals surface area contributed by atoms with E-state index in [2.05, 4.69) is 12.2 Å². The van der Waals surface area contributed by atoms with Crippen LogP contribution in [-0.4, -0.2) is 35.0 Å². The van der Waals surface area contributed by atoms with Crippen LogP contribution >= 0.6 is 11.8 Å². The fourth-order valence-corrected chi connectivity index (χ4v) is 2.32. The molecule has 17 heavy (non-hydrogen) atoms. The van der Waals surface area contributed by atoms with E-state index in [1.54, 1.807) is 11.8 Å². The quantitative estimate of drug-likeness (QED) is 0.789. The summed E-state index contributed by atoms with van der Waals surface area (Å²) in [7, 11) is 0. The number of hydrogen-bond donors (Lipinski definition) is 2. The Bertz CT molecular complexity index is 275. The molecule has 4 nitrogen and oxygen atoms in total. The number of thioether (sulfide) groups is 1. The molecule has 5 heteroatoms. The third-order valence-corrected chi connectivity index (χ3v) is 4.38. The minimum absolute atomic E-state index is 0.0136. The van der Waals surface area contributed by atoms with Crippen molar-refractivity contribution in [2.45, 2.75) is 37.9 Å². The molecule has 2 N–H and O–H groups in total. The first kappa shape index (κ1) is 14.4. The molecule has 0 aliphatic heterocycles. The zero-order valence-electron chi connectivity index (χ0n) is 10.4. The van der Waals surface area contributed by atoms with Crippen LogP contribution in [0.5, 0.6) is 0 Å². The number of carbonyl (C=O) groups excluding carboxylic acids is 1. The lowest BCUT2D eigenvalue weighted by atomic mass is 9.81. The van der Waals surface area contributed by atoms with Gasteiger partial charge < -0.3 is 10.4 Å². The molecule has 1 unspecified atom stereocenters. The van der Waals surface area contributed by atoms with Crippen LogP contribution in [0.1, 0.15) is 32.6 Å². The van der Waals surface area contributed by atoms with Gasteiger partial charge in [-0.25, -0.2) is 0 Å². The van der Waals surface area contributed by atoms with Crippen molar-refractivity contribution in [1.29, 1.82) is 0 Å². The fraction of sp³-hybridized carbons (Fsp3) is 0.833. The molecule has 1 atom stereocenters. The van der Waals surface area contributed by atoms with Crippen molar-refractivity contribution in [1.82, 2.24) is 5.32 Å². The van der Waals surface area contributed by atoms with Crippen molar-refractivity contribution in [3.05, 3.63) is 0 Å². The minimum atomic E-state index is -0.722. The molecule has 0 spiro atoms. The molecule has 98 valence electrons. The Balaban J connectivity index is 2.28. The van der Waals surface area contributed by atoms with Gasteiger partial charge in [-0.05, 0) is 31.9 Å². The number of nitrogens with one attached hydrogen (secondary N) is 1. The van der Waals surface area contributed by atoms with E-state index in [0.717, 1.165) is 0 Å². The van der Waals surface area contributed by atoms with Gasteiger partial charge in [0.1, 0.15) is 0 Å². The van der Waals surface area contributed by atoms with Crippen molar-refractivity contribution < 1.29 is 14.7 Å². The highest BCUT2D eigenvalue weighted by atomic mass is 32.2. The molecule has 1 aliphatic carbocycles. The second kappa shape index (κ2) is 6.89. The van der Waals surface area contributed by atoms with Crippen LogP contribution in [0.2, 0.25) is 0 Å². The number of amides is 1. The lowest BCUT2D eigenvalue weighted by Crippen LogP contribution is -2.37. The number of hydrogen-bond acceptors (Lipinski definition) is 3. The predicted octanol–water partition coefficient (Wildman–Crippen LogP) is 1.75. The van der Waals surface area contributed by atoms with Crippen LogP contribution in [0.15, 0.2) is 0 Å². The van der Waals surface area contributed by atoms with Gasteiger partial charge in [0.15, 0.2) is 0 Å². The second-order valence-electron chi connectivity index (χ2n) is 4.68. The van der Waals surface area contributed by atoms with Crippen molar-refractivity contribution in [3.63, 3.8) is 0 Å². The number of carbonyl (C=O) groups is 2. The van der Waals surface area contributed by atoms with Gasteiger partial charge in [-0.2, -0.15) is 11.8 Å². The van der Waals surface area contributed by atoms with Crippen LogP contribution in [0.3, 0.4) is 0 Å². The monoisotopic (exact) mass is 259 g/mol. The smallest absolute Gasteiger partial charge is 0.306 e. The first-order chi connectivity index (χ1) is 8.04.